The Kier molecular flexibility index (Phi) is 2.68. The second-order valence-electron chi connectivity index (χ2n) is 2.63. The Hall–Kier alpha value is -0.570. The zero-order valence-electron chi connectivity index (χ0n) is 6.43. The summed E-state index contributed by atoms with van der Waals surface area (Å²) in [5, 5.41) is 3.19. The van der Waals surface area contributed by atoms with E-state index >= 15 is 0 Å². The fraction of sp³-hybridized carbons (Fsp3) is 0.857. The number of amidine groups is 1. The zero-order valence-corrected chi connectivity index (χ0v) is 6.43. The topological polar surface area (TPSA) is 50.4 Å². The molecule has 1 aliphatic rings. The third-order valence-corrected chi connectivity index (χ3v) is 1.72. The van der Waals surface area contributed by atoms with Crippen LogP contribution >= 0.6 is 0 Å². The minimum atomic E-state index is 0.282. The number of hydrogen-bond donors (Lipinski definition) is 2. The van der Waals surface area contributed by atoms with E-state index in [2.05, 4.69) is 17.2 Å². The van der Waals surface area contributed by atoms with Crippen LogP contribution in [0.4, 0.5) is 0 Å². The van der Waals surface area contributed by atoms with E-state index in [1.165, 1.54) is 0 Å². The lowest BCUT2D eigenvalue weighted by Crippen LogP contribution is -2.28. The molecule has 3 N–H and O–H groups in total. The molecular weight excluding hydrogens is 126 g/mol. The Bertz CT molecular complexity index is 131. The molecule has 1 atom stereocenters. The van der Waals surface area contributed by atoms with Gasteiger partial charge in [0.15, 0.2) is 0 Å². The molecule has 0 saturated carbocycles. The quantitative estimate of drug-likeness (QED) is 0.586. The van der Waals surface area contributed by atoms with E-state index in [9.17, 15) is 0 Å². The highest BCUT2D eigenvalue weighted by Gasteiger charge is 2.07. The van der Waals surface area contributed by atoms with Crippen LogP contribution in [0.15, 0.2) is 4.99 Å². The van der Waals surface area contributed by atoms with Crippen LogP contribution in [0.5, 0.6) is 0 Å². The fourth-order valence-electron chi connectivity index (χ4n) is 0.976. The van der Waals surface area contributed by atoms with Gasteiger partial charge in [0.05, 0.1) is 12.4 Å². The predicted molar refractivity (Wildman–Crippen MR) is 43.2 cm³/mol. The maximum atomic E-state index is 5.73. The van der Waals surface area contributed by atoms with Crippen molar-refractivity contribution in [2.75, 3.05) is 13.1 Å². The minimum Gasteiger partial charge on any atom is -0.372 e. The van der Waals surface area contributed by atoms with Crippen molar-refractivity contribution in [2.24, 2.45) is 10.7 Å². The lowest BCUT2D eigenvalue weighted by molar-refractivity contribution is 0.668. The first-order valence-corrected chi connectivity index (χ1v) is 3.85. The average Bonchev–Trinajstić information content (AvgIpc) is 2.40. The van der Waals surface area contributed by atoms with Gasteiger partial charge in [-0.2, -0.15) is 0 Å². The first-order chi connectivity index (χ1) is 4.83. The Labute approximate surface area is 61.7 Å². The standard InChI is InChI=1S/C7H15N3/c1-2-6(8)5-7-9-3-4-10-7/h6H,2-5,8H2,1H3,(H,9,10). The number of rotatable bonds is 3. The number of nitrogens with two attached hydrogens (primary N) is 1. The van der Waals surface area contributed by atoms with Crippen LogP contribution in [0.25, 0.3) is 0 Å². The van der Waals surface area contributed by atoms with Gasteiger partial charge < -0.3 is 11.1 Å². The molecule has 3 heteroatoms. The monoisotopic (exact) mass is 141 g/mol. The third-order valence-electron chi connectivity index (χ3n) is 1.72. The van der Waals surface area contributed by atoms with Gasteiger partial charge in [-0.3, -0.25) is 4.99 Å². The first-order valence-electron chi connectivity index (χ1n) is 3.85. The van der Waals surface area contributed by atoms with Crippen molar-refractivity contribution in [1.82, 2.24) is 5.32 Å². The highest BCUT2D eigenvalue weighted by molar-refractivity contribution is 5.84. The Morgan fingerprint density at radius 3 is 3.10 bits per heavy atom. The molecule has 0 aliphatic carbocycles. The number of hydrogen-bond acceptors (Lipinski definition) is 3. The molecular formula is C7H15N3. The van der Waals surface area contributed by atoms with Gasteiger partial charge in [0.1, 0.15) is 0 Å². The van der Waals surface area contributed by atoms with E-state index in [1.54, 1.807) is 0 Å². The van der Waals surface area contributed by atoms with Gasteiger partial charge in [0, 0.05) is 19.0 Å². The summed E-state index contributed by atoms with van der Waals surface area (Å²) >= 11 is 0. The molecule has 1 rings (SSSR count). The number of aliphatic imine (C=N–C) groups is 1. The molecule has 0 bridgehead atoms. The fourth-order valence-corrected chi connectivity index (χ4v) is 0.976. The molecule has 1 heterocycles. The van der Waals surface area contributed by atoms with Gasteiger partial charge in [-0.15, -0.1) is 0 Å². The highest BCUT2D eigenvalue weighted by atomic mass is 15.1. The Morgan fingerprint density at radius 1 is 1.80 bits per heavy atom. The predicted octanol–water partition coefficient (Wildman–Crippen LogP) is 0.115. The van der Waals surface area contributed by atoms with Crippen molar-refractivity contribution in [1.29, 1.82) is 0 Å². The Morgan fingerprint density at radius 2 is 2.60 bits per heavy atom. The van der Waals surface area contributed by atoms with Gasteiger partial charge in [0.25, 0.3) is 0 Å². The molecule has 1 unspecified atom stereocenters. The molecule has 10 heavy (non-hydrogen) atoms. The van der Waals surface area contributed by atoms with Crippen molar-refractivity contribution in [2.45, 2.75) is 25.8 Å². The van der Waals surface area contributed by atoms with E-state index < -0.39 is 0 Å². The molecule has 0 radical (unpaired) electrons. The van der Waals surface area contributed by atoms with E-state index in [4.69, 9.17) is 5.73 Å². The average molecular weight is 141 g/mol. The largest absolute Gasteiger partial charge is 0.372 e. The van der Waals surface area contributed by atoms with E-state index in [0.29, 0.717) is 0 Å². The van der Waals surface area contributed by atoms with Crippen LogP contribution < -0.4 is 11.1 Å². The summed E-state index contributed by atoms with van der Waals surface area (Å²) in [6.45, 7) is 4.01. The molecule has 0 aromatic rings. The maximum Gasteiger partial charge on any atom is 0.0980 e. The van der Waals surface area contributed by atoms with Gasteiger partial charge in [-0.05, 0) is 6.42 Å². The molecule has 0 aromatic carbocycles. The second-order valence-corrected chi connectivity index (χ2v) is 2.63. The Balaban J connectivity index is 2.23. The summed E-state index contributed by atoms with van der Waals surface area (Å²) in [6, 6.07) is 0.282. The van der Waals surface area contributed by atoms with Gasteiger partial charge in [-0.1, -0.05) is 6.92 Å². The lowest BCUT2D eigenvalue weighted by Gasteiger charge is -2.07. The summed E-state index contributed by atoms with van der Waals surface area (Å²) in [6.07, 6.45) is 1.94. The van der Waals surface area contributed by atoms with Gasteiger partial charge in [-0.25, -0.2) is 0 Å². The smallest absolute Gasteiger partial charge is 0.0980 e. The van der Waals surface area contributed by atoms with Crippen molar-refractivity contribution < 1.29 is 0 Å². The van der Waals surface area contributed by atoms with Crippen LogP contribution in [0.2, 0.25) is 0 Å². The van der Waals surface area contributed by atoms with Crippen LogP contribution in [0.1, 0.15) is 19.8 Å². The zero-order chi connectivity index (χ0) is 7.40. The molecule has 0 amide bonds. The number of nitrogens with zero attached hydrogens (tertiary/aromatic N) is 1. The van der Waals surface area contributed by atoms with Crippen LogP contribution in [0, 0.1) is 0 Å². The van der Waals surface area contributed by atoms with Gasteiger partial charge >= 0.3 is 0 Å². The second kappa shape index (κ2) is 3.56. The SMILES string of the molecule is CCC(N)CC1=NCCN1. The molecule has 0 aromatic heterocycles. The lowest BCUT2D eigenvalue weighted by atomic mass is 10.1. The molecule has 58 valence electrons. The third kappa shape index (κ3) is 1.99. The summed E-state index contributed by atoms with van der Waals surface area (Å²) in [5.41, 5.74) is 5.73. The molecule has 3 nitrogen and oxygen atoms in total. The van der Waals surface area contributed by atoms with Gasteiger partial charge in [0.2, 0.25) is 0 Å². The van der Waals surface area contributed by atoms with Crippen molar-refractivity contribution >= 4 is 5.84 Å². The van der Waals surface area contributed by atoms with Crippen LogP contribution in [-0.4, -0.2) is 25.0 Å². The van der Waals surface area contributed by atoms with Crippen molar-refractivity contribution in [3.05, 3.63) is 0 Å². The summed E-state index contributed by atoms with van der Waals surface area (Å²) in [5.74, 6) is 1.09. The summed E-state index contributed by atoms with van der Waals surface area (Å²) in [7, 11) is 0. The van der Waals surface area contributed by atoms with Crippen molar-refractivity contribution in [3.63, 3.8) is 0 Å². The number of nitrogens with one attached hydrogen (secondary N) is 1. The van der Waals surface area contributed by atoms with Crippen LogP contribution in [0.3, 0.4) is 0 Å². The highest BCUT2D eigenvalue weighted by Crippen LogP contribution is 1.97. The maximum absolute atomic E-state index is 5.73. The normalized spacial score (nSPS) is 20.0. The van der Waals surface area contributed by atoms with E-state index in [-0.39, 0.29) is 6.04 Å². The van der Waals surface area contributed by atoms with Crippen molar-refractivity contribution in [3.8, 4) is 0 Å². The molecule has 0 fully saturated rings. The van der Waals surface area contributed by atoms with E-state index in [0.717, 1.165) is 31.8 Å². The minimum absolute atomic E-state index is 0.282. The molecule has 0 spiro atoms. The molecule has 0 saturated heterocycles. The van der Waals surface area contributed by atoms with E-state index in [1.807, 2.05) is 0 Å². The summed E-state index contributed by atoms with van der Waals surface area (Å²) in [4.78, 5) is 4.25. The molecule has 1 aliphatic heterocycles. The first kappa shape index (κ1) is 7.54. The summed E-state index contributed by atoms with van der Waals surface area (Å²) < 4.78 is 0. The van der Waals surface area contributed by atoms with Crippen LogP contribution in [-0.2, 0) is 0 Å².